The average molecular weight is 524 g/mol. The van der Waals surface area contributed by atoms with Gasteiger partial charge in [-0.3, -0.25) is 0 Å². The molecule has 8 N–H and O–H groups in total. The van der Waals surface area contributed by atoms with Crippen molar-refractivity contribution >= 4 is 29.6 Å². The molecule has 1 aromatic carbocycles. The standard InChI is InChI=1S/C21H31N3.2C2H2O4.H2O/c1-23(2)14-7-15-24-20-9-6-4-3-5-8-18(20)16-21(24)17-10-12-19(22)13-11-17;2*3-1(4)2(5)6;/h10-13,16H,3-9,14-15,22H2,1-2H3;2*(H,3,4)(H,5,6);1H2. The largest absolute Gasteiger partial charge is 0.473 e. The van der Waals surface area contributed by atoms with Crippen LogP contribution in [-0.2, 0) is 38.6 Å². The topological polar surface area (TPSA) is 215 Å². The third-order valence-corrected chi connectivity index (χ3v) is 5.47. The Hall–Kier alpha value is -3.90. The zero-order chi connectivity index (χ0) is 27.3. The van der Waals surface area contributed by atoms with Crippen LogP contribution < -0.4 is 5.73 Å². The average Bonchev–Trinajstić information content (AvgIpc) is 3.11. The van der Waals surface area contributed by atoms with E-state index in [4.69, 9.17) is 45.3 Å². The van der Waals surface area contributed by atoms with Gasteiger partial charge in [0.25, 0.3) is 0 Å². The normalized spacial score (nSPS) is 12.2. The molecule has 0 spiro atoms. The number of carboxylic acid groups (broad SMARTS) is 4. The Morgan fingerprint density at radius 3 is 1.78 bits per heavy atom. The molecule has 0 bridgehead atoms. The third-order valence-electron chi connectivity index (χ3n) is 5.47. The van der Waals surface area contributed by atoms with Crippen LogP contribution in [0.25, 0.3) is 11.3 Å². The Morgan fingerprint density at radius 2 is 1.32 bits per heavy atom. The van der Waals surface area contributed by atoms with E-state index in [1.807, 2.05) is 12.1 Å². The van der Waals surface area contributed by atoms with Gasteiger partial charge < -0.3 is 41.1 Å². The summed E-state index contributed by atoms with van der Waals surface area (Å²) in [5.74, 6) is -7.30. The number of aliphatic carboxylic acids is 4. The fourth-order valence-corrected chi connectivity index (χ4v) is 3.81. The lowest BCUT2D eigenvalue weighted by atomic mass is 9.98. The highest BCUT2D eigenvalue weighted by molar-refractivity contribution is 6.27. The number of nitrogen functional groups attached to an aromatic ring is 1. The van der Waals surface area contributed by atoms with Gasteiger partial charge in [0.15, 0.2) is 0 Å². The highest BCUT2D eigenvalue weighted by atomic mass is 16.4. The second kappa shape index (κ2) is 16.7. The lowest BCUT2D eigenvalue weighted by Gasteiger charge is -2.18. The number of nitrogens with two attached hydrogens (primary N) is 1. The fourth-order valence-electron chi connectivity index (χ4n) is 3.81. The minimum atomic E-state index is -1.82. The molecule has 0 radical (unpaired) electrons. The molecule has 1 heterocycles. The molecule has 0 amide bonds. The van der Waals surface area contributed by atoms with Crippen molar-refractivity contribution in [2.24, 2.45) is 0 Å². The van der Waals surface area contributed by atoms with Crippen LogP contribution in [0.1, 0.15) is 43.4 Å². The number of hydrogen-bond acceptors (Lipinski definition) is 6. The van der Waals surface area contributed by atoms with Gasteiger partial charge in [0.2, 0.25) is 0 Å². The summed E-state index contributed by atoms with van der Waals surface area (Å²) in [5, 5.41) is 29.6. The monoisotopic (exact) mass is 523 g/mol. The highest BCUT2D eigenvalue weighted by Gasteiger charge is 2.17. The van der Waals surface area contributed by atoms with E-state index in [1.165, 1.54) is 56.2 Å². The van der Waals surface area contributed by atoms with Gasteiger partial charge >= 0.3 is 23.9 Å². The summed E-state index contributed by atoms with van der Waals surface area (Å²) in [4.78, 5) is 38.7. The molecule has 2 aromatic rings. The molecule has 12 heteroatoms. The molecule has 0 unspecified atom stereocenters. The van der Waals surface area contributed by atoms with Gasteiger partial charge in [-0.05, 0) is 82.1 Å². The predicted octanol–water partition coefficient (Wildman–Crippen LogP) is 1.83. The minimum absolute atomic E-state index is 0. The summed E-state index contributed by atoms with van der Waals surface area (Å²) in [6.07, 6.45) is 9.06. The Labute approximate surface area is 215 Å². The van der Waals surface area contributed by atoms with Crippen molar-refractivity contribution in [1.82, 2.24) is 9.47 Å². The van der Waals surface area contributed by atoms with Crippen LogP contribution in [0, 0.1) is 0 Å². The second-order valence-corrected chi connectivity index (χ2v) is 8.57. The lowest BCUT2D eigenvalue weighted by Crippen LogP contribution is -2.16. The van der Waals surface area contributed by atoms with Gasteiger partial charge in [-0.2, -0.15) is 0 Å². The van der Waals surface area contributed by atoms with Gasteiger partial charge in [0.1, 0.15) is 0 Å². The van der Waals surface area contributed by atoms with Gasteiger partial charge in [-0.25, -0.2) is 19.2 Å². The lowest BCUT2D eigenvalue weighted by molar-refractivity contribution is -0.159. The first-order valence-electron chi connectivity index (χ1n) is 11.6. The van der Waals surface area contributed by atoms with Crippen molar-refractivity contribution in [2.75, 3.05) is 26.4 Å². The van der Waals surface area contributed by atoms with E-state index in [2.05, 4.69) is 41.8 Å². The van der Waals surface area contributed by atoms with E-state index in [9.17, 15) is 0 Å². The zero-order valence-corrected chi connectivity index (χ0v) is 21.1. The van der Waals surface area contributed by atoms with E-state index >= 15 is 0 Å². The fraction of sp³-hybridized carbons (Fsp3) is 0.440. The maximum atomic E-state index is 9.10. The van der Waals surface area contributed by atoms with Crippen LogP contribution in [0.15, 0.2) is 30.3 Å². The summed E-state index contributed by atoms with van der Waals surface area (Å²) in [6, 6.07) is 10.8. The maximum absolute atomic E-state index is 9.10. The first-order chi connectivity index (χ1) is 16.9. The minimum Gasteiger partial charge on any atom is -0.473 e. The molecular formula is C25H37N3O9. The Bertz CT molecular complexity index is 983. The van der Waals surface area contributed by atoms with Crippen LogP contribution in [0.4, 0.5) is 5.69 Å². The summed E-state index contributed by atoms with van der Waals surface area (Å²) < 4.78 is 2.59. The number of aryl methyl sites for hydroxylation is 1. The predicted molar refractivity (Wildman–Crippen MR) is 137 cm³/mol. The molecule has 1 aromatic heterocycles. The summed E-state index contributed by atoms with van der Waals surface area (Å²) in [6.45, 7) is 2.24. The van der Waals surface area contributed by atoms with Crippen LogP contribution in [0.2, 0.25) is 0 Å². The molecular weight excluding hydrogens is 486 g/mol. The first kappa shape index (κ1) is 33.1. The number of rotatable bonds is 5. The summed E-state index contributed by atoms with van der Waals surface area (Å²) >= 11 is 0. The molecule has 0 saturated carbocycles. The van der Waals surface area contributed by atoms with Gasteiger partial charge in [0, 0.05) is 23.6 Å². The Morgan fingerprint density at radius 1 is 0.838 bits per heavy atom. The van der Waals surface area contributed by atoms with Crippen LogP contribution >= 0.6 is 0 Å². The van der Waals surface area contributed by atoms with Crippen molar-refractivity contribution in [3.05, 3.63) is 41.6 Å². The number of carbonyl (C=O) groups is 4. The number of fused-ring (bicyclic) bond motifs is 1. The number of aromatic nitrogens is 1. The van der Waals surface area contributed by atoms with Crippen molar-refractivity contribution in [3.8, 4) is 11.3 Å². The quantitative estimate of drug-likeness (QED) is 0.283. The van der Waals surface area contributed by atoms with Gasteiger partial charge in [0.05, 0.1) is 0 Å². The van der Waals surface area contributed by atoms with E-state index in [1.54, 1.807) is 11.3 Å². The molecule has 12 nitrogen and oxygen atoms in total. The SMILES string of the molecule is CN(C)CCCn1c(-c2ccc(N)cc2)cc2c1CCCCCC2.O.O=C(O)C(=O)O.O=C(O)C(=O)O. The molecule has 0 saturated heterocycles. The summed E-state index contributed by atoms with van der Waals surface area (Å²) in [5.41, 5.74) is 12.5. The van der Waals surface area contributed by atoms with Crippen molar-refractivity contribution in [1.29, 1.82) is 0 Å². The number of hydrogen-bond donors (Lipinski definition) is 5. The van der Waals surface area contributed by atoms with Crippen LogP contribution in [0.3, 0.4) is 0 Å². The third kappa shape index (κ3) is 12.1. The van der Waals surface area contributed by atoms with E-state index in [0.717, 1.165) is 18.8 Å². The molecule has 37 heavy (non-hydrogen) atoms. The molecule has 206 valence electrons. The Kier molecular flexibility index (Phi) is 15.0. The van der Waals surface area contributed by atoms with Crippen LogP contribution in [-0.4, -0.2) is 79.9 Å². The maximum Gasteiger partial charge on any atom is 0.414 e. The molecule has 0 fully saturated rings. The highest BCUT2D eigenvalue weighted by Crippen LogP contribution is 2.31. The van der Waals surface area contributed by atoms with Gasteiger partial charge in [-0.15, -0.1) is 0 Å². The summed E-state index contributed by atoms with van der Waals surface area (Å²) in [7, 11) is 4.31. The number of benzene rings is 1. The molecule has 1 aliphatic carbocycles. The van der Waals surface area contributed by atoms with Crippen LogP contribution in [0.5, 0.6) is 0 Å². The number of anilines is 1. The van der Waals surface area contributed by atoms with Crippen molar-refractivity contribution < 1.29 is 45.1 Å². The molecule has 0 atom stereocenters. The number of carboxylic acids is 4. The zero-order valence-electron chi connectivity index (χ0n) is 21.1. The molecule has 1 aliphatic rings. The van der Waals surface area contributed by atoms with Crippen molar-refractivity contribution in [2.45, 2.75) is 51.5 Å². The first-order valence-corrected chi connectivity index (χ1v) is 11.6. The van der Waals surface area contributed by atoms with E-state index in [-0.39, 0.29) is 5.48 Å². The Balaban J connectivity index is 0.000000836. The van der Waals surface area contributed by atoms with Gasteiger partial charge in [-0.1, -0.05) is 25.0 Å². The molecule has 3 rings (SSSR count). The number of nitrogens with zero attached hydrogens (tertiary/aromatic N) is 2. The van der Waals surface area contributed by atoms with Crippen molar-refractivity contribution in [3.63, 3.8) is 0 Å². The van der Waals surface area contributed by atoms with E-state index in [0.29, 0.717) is 0 Å². The second-order valence-electron chi connectivity index (χ2n) is 8.57. The van der Waals surface area contributed by atoms with E-state index < -0.39 is 23.9 Å². The molecule has 0 aliphatic heterocycles. The smallest absolute Gasteiger partial charge is 0.414 e.